The Labute approximate surface area is 216 Å². The van der Waals surface area contributed by atoms with Crippen LogP contribution in [0.1, 0.15) is 51.3 Å². The van der Waals surface area contributed by atoms with Crippen molar-refractivity contribution in [3.8, 4) is 11.1 Å². The molecule has 0 radical (unpaired) electrons. The highest BCUT2D eigenvalue weighted by Gasteiger charge is 2.33. The van der Waals surface area contributed by atoms with Gasteiger partial charge < -0.3 is 15.7 Å². The Morgan fingerprint density at radius 3 is 2.30 bits per heavy atom. The average Bonchev–Trinajstić information content (AvgIpc) is 2.92. The molecule has 3 aromatic rings. The van der Waals surface area contributed by atoms with Crippen molar-refractivity contribution in [2.75, 3.05) is 0 Å². The number of carboxylic acid groups (broad SMARTS) is 1. The molecule has 4 N–H and O–H groups in total. The average molecular weight is 501 g/mol. The largest absolute Gasteiger partial charge is 0.481 e. The number of amides is 1. The predicted octanol–water partition coefficient (Wildman–Crippen LogP) is 5.96. The zero-order chi connectivity index (χ0) is 27.0. The van der Waals surface area contributed by atoms with Gasteiger partial charge in [0.05, 0.1) is 16.8 Å². The van der Waals surface area contributed by atoms with Crippen LogP contribution in [0.2, 0.25) is 0 Å². The molecule has 0 aliphatic heterocycles. The number of hydrogen-bond acceptors (Lipinski definition) is 6. The summed E-state index contributed by atoms with van der Waals surface area (Å²) in [5, 5.41) is 16.0. The minimum Gasteiger partial charge on any atom is -0.481 e. The van der Waals surface area contributed by atoms with Gasteiger partial charge >= 0.3 is 12.1 Å². The molecule has 2 unspecified atom stereocenters. The standard InChI is InChI=1S/C29H32N4O4/c1-5-29(4,27(34)35)24-16-14-22(15-17-24)23-12-9-13-25(18-23)31-26(19(2)33-30)32-28(36)37-20(3)21-10-7-6-8-11-21/h6-18,20H,5,30H2,1-4H3,(H,34,35)(H,31,32,36). The minimum absolute atomic E-state index is 0.167. The number of carbonyl (C=O) groups excluding carboxylic acids is 1. The number of hydrazone groups is 1. The van der Waals surface area contributed by atoms with E-state index >= 15 is 0 Å². The molecule has 1 amide bonds. The van der Waals surface area contributed by atoms with E-state index in [0.717, 1.165) is 22.3 Å². The predicted molar refractivity (Wildman–Crippen MR) is 146 cm³/mol. The summed E-state index contributed by atoms with van der Waals surface area (Å²) in [5.74, 6) is 4.78. The Kier molecular flexibility index (Phi) is 8.79. The van der Waals surface area contributed by atoms with E-state index < -0.39 is 23.6 Å². The van der Waals surface area contributed by atoms with E-state index in [9.17, 15) is 14.7 Å². The summed E-state index contributed by atoms with van der Waals surface area (Å²) in [6.45, 7) is 7.00. The van der Waals surface area contributed by atoms with Crippen LogP contribution in [0.25, 0.3) is 11.1 Å². The number of alkyl carbamates (subject to hydrolysis) is 1. The number of nitrogens with two attached hydrogens (primary N) is 1. The quantitative estimate of drug-likeness (QED) is 0.152. The van der Waals surface area contributed by atoms with Gasteiger partial charge in [-0.05, 0) is 61.6 Å². The van der Waals surface area contributed by atoms with Crippen molar-refractivity contribution < 1.29 is 19.4 Å². The van der Waals surface area contributed by atoms with Crippen LogP contribution in [-0.4, -0.2) is 28.7 Å². The van der Waals surface area contributed by atoms with Gasteiger partial charge in [-0.2, -0.15) is 5.10 Å². The van der Waals surface area contributed by atoms with Crippen molar-refractivity contribution in [3.05, 3.63) is 90.0 Å². The highest BCUT2D eigenvalue weighted by atomic mass is 16.6. The van der Waals surface area contributed by atoms with Gasteiger partial charge in [0.2, 0.25) is 0 Å². The van der Waals surface area contributed by atoms with E-state index in [1.807, 2.05) is 79.7 Å². The maximum absolute atomic E-state index is 12.6. The molecule has 0 aliphatic carbocycles. The molecule has 0 fully saturated rings. The maximum Gasteiger partial charge on any atom is 0.413 e. The lowest BCUT2D eigenvalue weighted by Crippen LogP contribution is -2.36. The van der Waals surface area contributed by atoms with Crippen molar-refractivity contribution in [2.24, 2.45) is 15.9 Å². The lowest BCUT2D eigenvalue weighted by molar-refractivity contribution is -0.143. The monoisotopic (exact) mass is 500 g/mol. The second-order valence-electron chi connectivity index (χ2n) is 8.88. The third-order valence-electron chi connectivity index (χ3n) is 6.43. The zero-order valence-electron chi connectivity index (χ0n) is 21.4. The first-order chi connectivity index (χ1) is 17.7. The number of aliphatic carboxylic acids is 1. The highest BCUT2D eigenvalue weighted by molar-refractivity contribution is 6.43. The molecule has 0 aromatic heterocycles. The third-order valence-corrected chi connectivity index (χ3v) is 6.43. The fourth-order valence-electron chi connectivity index (χ4n) is 3.73. The number of carboxylic acids is 1. The van der Waals surface area contributed by atoms with Gasteiger partial charge in [-0.15, -0.1) is 0 Å². The second-order valence-corrected chi connectivity index (χ2v) is 8.88. The molecule has 0 saturated carbocycles. The Balaban J connectivity index is 1.82. The molecule has 3 rings (SSSR count). The Morgan fingerprint density at radius 1 is 1.03 bits per heavy atom. The van der Waals surface area contributed by atoms with Crippen LogP contribution in [0.5, 0.6) is 0 Å². The van der Waals surface area contributed by atoms with Gasteiger partial charge in [-0.25, -0.2) is 9.79 Å². The van der Waals surface area contributed by atoms with Crippen LogP contribution in [0.3, 0.4) is 0 Å². The summed E-state index contributed by atoms with van der Waals surface area (Å²) in [6, 6.07) is 24.3. The van der Waals surface area contributed by atoms with Crippen LogP contribution in [-0.2, 0) is 14.9 Å². The van der Waals surface area contributed by atoms with E-state index in [0.29, 0.717) is 17.8 Å². The number of benzene rings is 3. The minimum atomic E-state index is -0.947. The van der Waals surface area contributed by atoms with Gasteiger partial charge in [-0.3, -0.25) is 10.1 Å². The number of carbonyl (C=O) groups is 2. The summed E-state index contributed by atoms with van der Waals surface area (Å²) >= 11 is 0. The first-order valence-electron chi connectivity index (χ1n) is 12.0. The number of aliphatic imine (C=N–C) groups is 1. The molecule has 0 saturated heterocycles. The zero-order valence-corrected chi connectivity index (χ0v) is 21.4. The summed E-state index contributed by atoms with van der Waals surface area (Å²) in [4.78, 5) is 28.9. The van der Waals surface area contributed by atoms with Crippen LogP contribution in [0.4, 0.5) is 10.5 Å². The van der Waals surface area contributed by atoms with Gasteiger partial charge in [0.25, 0.3) is 0 Å². The molecule has 0 spiro atoms. The number of rotatable bonds is 8. The molecule has 37 heavy (non-hydrogen) atoms. The van der Waals surface area contributed by atoms with Crippen molar-refractivity contribution in [1.82, 2.24) is 5.32 Å². The molecule has 3 aromatic carbocycles. The molecule has 0 heterocycles. The number of nitrogens with zero attached hydrogens (tertiary/aromatic N) is 2. The first-order valence-corrected chi connectivity index (χ1v) is 12.0. The van der Waals surface area contributed by atoms with Gasteiger partial charge in [-0.1, -0.05) is 73.7 Å². The summed E-state index contributed by atoms with van der Waals surface area (Å²) in [7, 11) is 0. The molecule has 8 nitrogen and oxygen atoms in total. The highest BCUT2D eigenvalue weighted by Crippen LogP contribution is 2.31. The summed E-state index contributed by atoms with van der Waals surface area (Å²) in [6.07, 6.45) is -0.655. The smallest absolute Gasteiger partial charge is 0.413 e. The SMILES string of the molecule is CCC(C)(C(=O)O)c1ccc(-c2cccc(N=C(NC(=O)OC(C)c3ccccc3)C(C)=NN)c2)cc1. The Hall–Kier alpha value is -4.46. The summed E-state index contributed by atoms with van der Waals surface area (Å²) < 4.78 is 5.49. The normalized spacial score (nSPS) is 14.4. The third kappa shape index (κ3) is 6.61. The Bertz CT molecular complexity index is 1300. The van der Waals surface area contributed by atoms with Crippen LogP contribution < -0.4 is 11.2 Å². The van der Waals surface area contributed by atoms with Crippen LogP contribution >= 0.6 is 0 Å². The van der Waals surface area contributed by atoms with Crippen molar-refractivity contribution in [2.45, 2.75) is 45.6 Å². The van der Waals surface area contributed by atoms with Gasteiger partial charge in [0.15, 0.2) is 5.84 Å². The first kappa shape index (κ1) is 27.1. The Morgan fingerprint density at radius 2 is 1.70 bits per heavy atom. The van der Waals surface area contributed by atoms with E-state index in [1.165, 1.54) is 0 Å². The van der Waals surface area contributed by atoms with Crippen molar-refractivity contribution in [3.63, 3.8) is 0 Å². The molecule has 192 valence electrons. The molecular weight excluding hydrogens is 468 g/mol. The number of ether oxygens (including phenoxy) is 1. The summed E-state index contributed by atoms with van der Waals surface area (Å²) in [5.41, 5.74) is 3.33. The van der Waals surface area contributed by atoms with Crippen molar-refractivity contribution in [1.29, 1.82) is 0 Å². The van der Waals surface area contributed by atoms with E-state index in [-0.39, 0.29) is 5.84 Å². The number of nitrogens with one attached hydrogen (secondary N) is 1. The second kappa shape index (κ2) is 12.0. The molecule has 0 aliphatic rings. The lowest BCUT2D eigenvalue weighted by atomic mass is 9.80. The van der Waals surface area contributed by atoms with Gasteiger partial charge in [0.1, 0.15) is 6.10 Å². The van der Waals surface area contributed by atoms with Crippen LogP contribution in [0, 0.1) is 0 Å². The van der Waals surface area contributed by atoms with E-state index in [4.69, 9.17) is 10.6 Å². The topological polar surface area (TPSA) is 126 Å². The molecule has 2 atom stereocenters. The van der Waals surface area contributed by atoms with Crippen LogP contribution in [0.15, 0.2) is 89.0 Å². The van der Waals surface area contributed by atoms with E-state index in [1.54, 1.807) is 26.8 Å². The number of hydrogen-bond donors (Lipinski definition) is 3. The fraction of sp³-hybridized carbons (Fsp3) is 0.241. The maximum atomic E-state index is 12.6. The fourth-order valence-corrected chi connectivity index (χ4v) is 3.73. The molecule has 8 heteroatoms. The van der Waals surface area contributed by atoms with Gasteiger partial charge in [0, 0.05) is 0 Å². The molecular formula is C29H32N4O4. The lowest BCUT2D eigenvalue weighted by Gasteiger charge is -2.23. The van der Waals surface area contributed by atoms with E-state index in [2.05, 4.69) is 15.4 Å². The number of amidine groups is 1. The van der Waals surface area contributed by atoms with Crippen molar-refractivity contribution >= 4 is 29.3 Å². The molecule has 0 bridgehead atoms.